The molecule has 2 amide bonds. The molecule has 2 heterocycles. The van der Waals surface area contributed by atoms with Gasteiger partial charge < -0.3 is 15.0 Å². The predicted octanol–water partition coefficient (Wildman–Crippen LogP) is 2.87. The van der Waals surface area contributed by atoms with E-state index in [-0.39, 0.29) is 12.5 Å². The normalized spacial score (nSPS) is 18.8. The number of nitrogens with zero attached hydrogens (tertiary/aromatic N) is 2. The minimum absolute atomic E-state index is 0.115. The second-order valence-corrected chi connectivity index (χ2v) is 10.0. The Morgan fingerprint density at radius 1 is 0.969 bits per heavy atom. The fraction of sp³-hybridized carbons (Fsp3) is 0.391. The molecule has 0 unspecified atom stereocenters. The first-order valence-electron chi connectivity index (χ1n) is 10.8. The maximum absolute atomic E-state index is 13.1. The molecule has 2 aromatic carbocycles. The van der Waals surface area contributed by atoms with E-state index < -0.39 is 22.0 Å². The summed E-state index contributed by atoms with van der Waals surface area (Å²) in [6, 6.07) is 13.6. The van der Waals surface area contributed by atoms with Crippen LogP contribution in [-0.2, 0) is 14.8 Å². The lowest BCUT2D eigenvalue weighted by Crippen LogP contribution is -2.48. The van der Waals surface area contributed by atoms with E-state index in [9.17, 15) is 18.0 Å². The Morgan fingerprint density at radius 2 is 1.62 bits per heavy atom. The number of para-hydroxylation sites is 3. The van der Waals surface area contributed by atoms with Crippen LogP contribution in [0.2, 0.25) is 0 Å². The topological polar surface area (TPSA) is 96.0 Å². The van der Waals surface area contributed by atoms with E-state index in [2.05, 4.69) is 5.32 Å². The van der Waals surface area contributed by atoms with E-state index in [0.29, 0.717) is 35.8 Å². The van der Waals surface area contributed by atoms with Crippen molar-refractivity contribution in [3.63, 3.8) is 0 Å². The second kappa shape index (κ2) is 9.20. The zero-order valence-electron chi connectivity index (χ0n) is 18.0. The van der Waals surface area contributed by atoms with E-state index >= 15 is 0 Å². The average Bonchev–Trinajstić information content (AvgIpc) is 3.07. The van der Waals surface area contributed by atoms with Crippen molar-refractivity contribution in [2.24, 2.45) is 0 Å². The number of hydrogen-bond acceptors (Lipinski definition) is 5. The van der Waals surface area contributed by atoms with Gasteiger partial charge in [-0.1, -0.05) is 37.1 Å². The highest BCUT2D eigenvalue weighted by molar-refractivity contribution is 7.92. The molecule has 4 rings (SSSR count). The number of ether oxygens (including phenoxy) is 1. The lowest BCUT2D eigenvalue weighted by molar-refractivity contribution is -0.122. The van der Waals surface area contributed by atoms with Crippen LogP contribution in [0.25, 0.3) is 0 Å². The number of anilines is 2. The molecule has 32 heavy (non-hydrogen) atoms. The number of hydrogen-bond donors (Lipinski definition) is 1. The number of carbonyl (C=O) groups excluding carboxylic acids is 2. The zero-order chi connectivity index (χ0) is 22.7. The van der Waals surface area contributed by atoms with Gasteiger partial charge in [0.1, 0.15) is 5.75 Å². The smallest absolute Gasteiger partial charge is 0.267 e. The van der Waals surface area contributed by atoms with Crippen LogP contribution in [0, 0.1) is 0 Å². The summed E-state index contributed by atoms with van der Waals surface area (Å²) in [5.41, 5.74) is 1.20. The van der Waals surface area contributed by atoms with E-state index in [1.165, 1.54) is 4.31 Å². The van der Waals surface area contributed by atoms with Gasteiger partial charge in [0.2, 0.25) is 10.0 Å². The van der Waals surface area contributed by atoms with Crippen LogP contribution in [0.3, 0.4) is 0 Å². The monoisotopic (exact) mass is 457 g/mol. The fourth-order valence-electron chi connectivity index (χ4n) is 4.09. The number of fused-ring (bicyclic) bond motifs is 1. The van der Waals surface area contributed by atoms with Gasteiger partial charge in [-0.2, -0.15) is 0 Å². The SMILES string of the molecule is CS(=O)(=O)N1C[C@@H](C(=O)Nc2ccccc2C(=O)N2CCCCCC2)Oc2ccccc21. The van der Waals surface area contributed by atoms with E-state index in [1.54, 1.807) is 48.5 Å². The molecular formula is C23H27N3O5S. The Labute approximate surface area is 188 Å². The van der Waals surface area contributed by atoms with Gasteiger partial charge in [0, 0.05) is 13.1 Å². The van der Waals surface area contributed by atoms with E-state index in [0.717, 1.165) is 31.9 Å². The molecule has 2 aliphatic rings. The lowest BCUT2D eigenvalue weighted by Gasteiger charge is -2.34. The number of nitrogens with one attached hydrogen (secondary N) is 1. The Balaban J connectivity index is 1.55. The molecule has 9 heteroatoms. The zero-order valence-corrected chi connectivity index (χ0v) is 18.8. The first-order valence-corrected chi connectivity index (χ1v) is 12.6. The van der Waals surface area contributed by atoms with Crippen molar-refractivity contribution >= 4 is 33.2 Å². The molecule has 0 spiro atoms. The van der Waals surface area contributed by atoms with Gasteiger partial charge in [-0.25, -0.2) is 8.42 Å². The molecule has 1 N–H and O–H groups in total. The van der Waals surface area contributed by atoms with Crippen molar-refractivity contribution in [1.29, 1.82) is 0 Å². The second-order valence-electron chi connectivity index (χ2n) is 8.11. The largest absolute Gasteiger partial charge is 0.476 e. The first kappa shape index (κ1) is 22.1. The third kappa shape index (κ3) is 4.72. The summed E-state index contributed by atoms with van der Waals surface area (Å²) in [5, 5.41) is 2.79. The van der Waals surface area contributed by atoms with Crippen LogP contribution in [-0.4, -0.2) is 57.1 Å². The summed E-state index contributed by atoms with van der Waals surface area (Å²) in [6.07, 6.45) is 4.20. The summed E-state index contributed by atoms with van der Waals surface area (Å²) in [7, 11) is -3.61. The van der Waals surface area contributed by atoms with Crippen molar-refractivity contribution in [1.82, 2.24) is 4.90 Å². The van der Waals surface area contributed by atoms with Crippen LogP contribution in [0.15, 0.2) is 48.5 Å². The van der Waals surface area contributed by atoms with Crippen LogP contribution in [0.4, 0.5) is 11.4 Å². The molecular weight excluding hydrogens is 430 g/mol. The van der Waals surface area contributed by atoms with Gasteiger partial charge in [0.25, 0.3) is 11.8 Å². The lowest BCUT2D eigenvalue weighted by atomic mass is 10.1. The molecule has 0 saturated carbocycles. The van der Waals surface area contributed by atoms with Gasteiger partial charge in [-0.15, -0.1) is 0 Å². The molecule has 170 valence electrons. The number of amides is 2. The fourth-order valence-corrected chi connectivity index (χ4v) is 5.00. The van der Waals surface area contributed by atoms with Crippen molar-refractivity contribution in [3.8, 4) is 5.75 Å². The highest BCUT2D eigenvalue weighted by atomic mass is 32.2. The number of benzene rings is 2. The molecule has 0 radical (unpaired) electrons. The molecule has 1 saturated heterocycles. The van der Waals surface area contributed by atoms with Crippen molar-refractivity contribution in [2.45, 2.75) is 31.8 Å². The summed E-state index contributed by atoms with van der Waals surface area (Å²) >= 11 is 0. The first-order chi connectivity index (χ1) is 15.3. The minimum Gasteiger partial charge on any atom is -0.476 e. The molecule has 8 nitrogen and oxygen atoms in total. The van der Waals surface area contributed by atoms with Gasteiger partial charge in [-0.3, -0.25) is 13.9 Å². The number of sulfonamides is 1. The Bertz CT molecular complexity index is 1110. The third-order valence-corrected chi connectivity index (χ3v) is 6.88. The van der Waals surface area contributed by atoms with Crippen LogP contribution < -0.4 is 14.4 Å². The summed E-state index contributed by atoms with van der Waals surface area (Å²) in [6.45, 7) is 1.25. The van der Waals surface area contributed by atoms with E-state index in [1.807, 2.05) is 4.90 Å². The van der Waals surface area contributed by atoms with Gasteiger partial charge in [0.15, 0.2) is 6.10 Å². The number of carbonyl (C=O) groups is 2. The Morgan fingerprint density at radius 3 is 2.34 bits per heavy atom. The van der Waals surface area contributed by atoms with Crippen molar-refractivity contribution in [3.05, 3.63) is 54.1 Å². The molecule has 1 atom stereocenters. The summed E-state index contributed by atoms with van der Waals surface area (Å²) in [5.74, 6) is -0.307. The quantitative estimate of drug-likeness (QED) is 0.762. The Hall–Kier alpha value is -3.07. The highest BCUT2D eigenvalue weighted by Crippen LogP contribution is 2.35. The minimum atomic E-state index is -3.61. The van der Waals surface area contributed by atoms with Crippen molar-refractivity contribution in [2.75, 3.05) is 35.5 Å². The standard InChI is InChI=1S/C23H27N3O5S/c1-32(29,30)26-16-21(31-20-13-7-6-12-19(20)26)22(27)24-18-11-5-4-10-17(18)23(28)25-14-8-2-3-9-15-25/h4-7,10-13,21H,2-3,8-9,14-16H2,1H3,(H,24,27)/t21-/m0/s1. The van der Waals surface area contributed by atoms with Gasteiger partial charge in [0.05, 0.1) is 29.7 Å². The molecule has 1 fully saturated rings. The molecule has 0 aromatic heterocycles. The molecule has 0 aliphatic carbocycles. The number of likely N-dealkylation sites (tertiary alicyclic amines) is 1. The average molecular weight is 458 g/mol. The summed E-state index contributed by atoms with van der Waals surface area (Å²) in [4.78, 5) is 28.0. The maximum atomic E-state index is 13.1. The van der Waals surface area contributed by atoms with Crippen LogP contribution >= 0.6 is 0 Å². The van der Waals surface area contributed by atoms with Gasteiger partial charge in [-0.05, 0) is 37.1 Å². The molecule has 2 aliphatic heterocycles. The van der Waals surface area contributed by atoms with Gasteiger partial charge >= 0.3 is 0 Å². The number of rotatable bonds is 4. The third-order valence-electron chi connectivity index (χ3n) is 5.74. The van der Waals surface area contributed by atoms with E-state index in [4.69, 9.17) is 4.74 Å². The highest BCUT2D eigenvalue weighted by Gasteiger charge is 2.35. The van der Waals surface area contributed by atoms with Crippen LogP contribution in [0.1, 0.15) is 36.0 Å². The maximum Gasteiger partial charge on any atom is 0.267 e. The molecule has 2 aromatic rings. The molecule has 0 bridgehead atoms. The predicted molar refractivity (Wildman–Crippen MR) is 122 cm³/mol. The Kier molecular flexibility index (Phi) is 6.36. The van der Waals surface area contributed by atoms with Crippen molar-refractivity contribution < 1.29 is 22.7 Å². The summed E-state index contributed by atoms with van der Waals surface area (Å²) < 4.78 is 31.6. The van der Waals surface area contributed by atoms with Crippen LogP contribution in [0.5, 0.6) is 5.75 Å².